The van der Waals surface area contributed by atoms with Crippen LogP contribution in [-0.2, 0) is 0 Å². The zero-order valence-corrected chi connectivity index (χ0v) is 15.8. The standard InChI is InChI=1S/C21H23N3O4/c1-2-3-4-5-9-15(22-23-19(25)18-12-8-13-28-18)14-24-20(26)16-10-6-7-11-17(16)21(24)27/h6-8,10-13H,2-5,9,14H2,1H3,(H,23,25)/b22-15+. The number of benzene rings is 1. The average Bonchev–Trinajstić information content (AvgIpc) is 3.33. The van der Waals surface area contributed by atoms with Gasteiger partial charge >= 0.3 is 5.91 Å². The molecule has 2 aromatic rings. The monoisotopic (exact) mass is 381 g/mol. The first kappa shape index (κ1) is 19.5. The molecule has 7 heteroatoms. The van der Waals surface area contributed by atoms with E-state index in [0.29, 0.717) is 23.3 Å². The van der Waals surface area contributed by atoms with Crippen molar-refractivity contribution in [2.24, 2.45) is 5.10 Å². The Morgan fingerprint density at radius 2 is 1.75 bits per heavy atom. The van der Waals surface area contributed by atoms with E-state index >= 15 is 0 Å². The van der Waals surface area contributed by atoms with Gasteiger partial charge in [0, 0.05) is 0 Å². The van der Waals surface area contributed by atoms with E-state index in [9.17, 15) is 14.4 Å². The Hall–Kier alpha value is -3.22. The molecule has 0 saturated heterocycles. The lowest BCUT2D eigenvalue weighted by Gasteiger charge is -2.15. The summed E-state index contributed by atoms with van der Waals surface area (Å²) in [4.78, 5) is 38.4. The van der Waals surface area contributed by atoms with Crippen molar-refractivity contribution in [1.29, 1.82) is 0 Å². The number of unbranched alkanes of at least 4 members (excludes halogenated alkanes) is 3. The van der Waals surface area contributed by atoms with Crippen LogP contribution in [-0.4, -0.2) is 34.9 Å². The smallest absolute Gasteiger partial charge is 0.307 e. The van der Waals surface area contributed by atoms with E-state index in [2.05, 4.69) is 17.5 Å². The van der Waals surface area contributed by atoms with Gasteiger partial charge in [0.15, 0.2) is 5.76 Å². The fourth-order valence-electron chi connectivity index (χ4n) is 3.08. The van der Waals surface area contributed by atoms with Gasteiger partial charge in [0.2, 0.25) is 0 Å². The van der Waals surface area contributed by atoms with Crippen molar-refractivity contribution >= 4 is 23.4 Å². The number of furan rings is 1. The summed E-state index contributed by atoms with van der Waals surface area (Å²) in [5.74, 6) is -0.994. The maximum absolute atomic E-state index is 12.6. The predicted octanol–water partition coefficient (Wildman–Crippen LogP) is 3.63. The fraction of sp³-hybridized carbons (Fsp3) is 0.333. The van der Waals surface area contributed by atoms with E-state index in [1.165, 1.54) is 17.2 Å². The van der Waals surface area contributed by atoms with Crippen LogP contribution in [0.4, 0.5) is 0 Å². The number of hydrazone groups is 1. The van der Waals surface area contributed by atoms with Crippen molar-refractivity contribution in [3.63, 3.8) is 0 Å². The molecule has 1 aromatic heterocycles. The zero-order chi connectivity index (χ0) is 19.9. The quantitative estimate of drug-likeness (QED) is 0.311. The third kappa shape index (κ3) is 4.36. The lowest BCUT2D eigenvalue weighted by atomic mass is 10.1. The van der Waals surface area contributed by atoms with Gasteiger partial charge < -0.3 is 4.42 Å². The number of imide groups is 1. The predicted molar refractivity (Wildman–Crippen MR) is 104 cm³/mol. The van der Waals surface area contributed by atoms with Crippen LogP contribution in [0.1, 0.15) is 70.3 Å². The number of hydrogen-bond donors (Lipinski definition) is 1. The van der Waals surface area contributed by atoms with Gasteiger partial charge in [0.1, 0.15) is 0 Å². The van der Waals surface area contributed by atoms with E-state index in [1.54, 1.807) is 30.3 Å². The molecule has 1 N–H and O–H groups in total. The number of rotatable bonds is 9. The van der Waals surface area contributed by atoms with E-state index < -0.39 is 5.91 Å². The molecule has 3 rings (SSSR count). The summed E-state index contributed by atoms with van der Waals surface area (Å²) in [7, 11) is 0. The molecular formula is C21H23N3O4. The van der Waals surface area contributed by atoms with Gasteiger partial charge in [-0.1, -0.05) is 38.3 Å². The van der Waals surface area contributed by atoms with Crippen LogP contribution in [0.25, 0.3) is 0 Å². The van der Waals surface area contributed by atoms with E-state index in [0.717, 1.165) is 25.7 Å². The van der Waals surface area contributed by atoms with Crippen molar-refractivity contribution in [3.8, 4) is 0 Å². The SMILES string of the molecule is CCCCCC/C(CN1C(=O)c2ccccc2C1=O)=N\NC(=O)c1ccco1. The highest BCUT2D eigenvalue weighted by molar-refractivity contribution is 6.22. The second-order valence-corrected chi connectivity index (χ2v) is 6.65. The Kier molecular flexibility index (Phi) is 6.37. The molecule has 0 spiro atoms. The highest BCUT2D eigenvalue weighted by Crippen LogP contribution is 2.22. The van der Waals surface area contributed by atoms with E-state index in [-0.39, 0.29) is 24.1 Å². The van der Waals surface area contributed by atoms with Crippen molar-refractivity contribution in [2.75, 3.05) is 6.54 Å². The topological polar surface area (TPSA) is 92.0 Å². The Morgan fingerprint density at radius 1 is 1.04 bits per heavy atom. The molecule has 0 unspecified atom stereocenters. The molecule has 0 saturated carbocycles. The summed E-state index contributed by atoms with van der Waals surface area (Å²) in [5, 5.41) is 4.18. The van der Waals surface area contributed by atoms with Crippen LogP contribution in [0.15, 0.2) is 52.2 Å². The van der Waals surface area contributed by atoms with Crippen LogP contribution in [0.5, 0.6) is 0 Å². The molecule has 1 aliphatic heterocycles. The molecule has 0 radical (unpaired) electrons. The summed E-state index contributed by atoms with van der Waals surface area (Å²) in [5.41, 5.74) is 3.83. The third-order valence-electron chi connectivity index (χ3n) is 4.60. The van der Waals surface area contributed by atoms with Crippen molar-refractivity contribution < 1.29 is 18.8 Å². The Morgan fingerprint density at radius 3 is 2.36 bits per heavy atom. The maximum Gasteiger partial charge on any atom is 0.307 e. The molecule has 1 aliphatic rings. The summed E-state index contributed by atoms with van der Waals surface area (Å²) >= 11 is 0. The van der Waals surface area contributed by atoms with Crippen LogP contribution < -0.4 is 5.43 Å². The summed E-state index contributed by atoms with van der Waals surface area (Å²) in [6.45, 7) is 2.17. The normalized spacial score (nSPS) is 13.8. The first-order chi connectivity index (χ1) is 13.6. The molecule has 1 aromatic carbocycles. The van der Waals surface area contributed by atoms with Crippen LogP contribution in [0, 0.1) is 0 Å². The van der Waals surface area contributed by atoms with Crippen LogP contribution >= 0.6 is 0 Å². The number of hydrogen-bond acceptors (Lipinski definition) is 5. The van der Waals surface area contributed by atoms with E-state index in [1.807, 2.05) is 0 Å². The second kappa shape index (κ2) is 9.12. The zero-order valence-electron chi connectivity index (χ0n) is 15.8. The van der Waals surface area contributed by atoms with Crippen molar-refractivity contribution in [3.05, 3.63) is 59.5 Å². The molecule has 3 amide bonds. The average molecular weight is 381 g/mol. The highest BCUT2D eigenvalue weighted by atomic mass is 16.3. The van der Waals surface area contributed by atoms with E-state index in [4.69, 9.17) is 4.42 Å². The lowest BCUT2D eigenvalue weighted by Crippen LogP contribution is -2.36. The van der Waals surface area contributed by atoms with Gasteiger partial charge in [0.05, 0.1) is 29.6 Å². The molecule has 0 fully saturated rings. The summed E-state index contributed by atoms with van der Waals surface area (Å²) < 4.78 is 5.05. The minimum atomic E-state index is -0.474. The minimum absolute atomic E-state index is 0.0525. The lowest BCUT2D eigenvalue weighted by molar-refractivity contribution is 0.0676. The van der Waals surface area contributed by atoms with Gasteiger partial charge in [0.25, 0.3) is 11.8 Å². The number of carbonyl (C=O) groups is 3. The Balaban J connectivity index is 1.71. The molecule has 0 bridgehead atoms. The molecule has 0 aliphatic carbocycles. The molecular weight excluding hydrogens is 358 g/mol. The minimum Gasteiger partial charge on any atom is -0.459 e. The number of carbonyl (C=O) groups excluding carboxylic acids is 3. The number of fused-ring (bicyclic) bond motifs is 1. The Bertz CT molecular complexity index is 852. The number of amides is 3. The first-order valence-corrected chi connectivity index (χ1v) is 9.46. The number of nitrogens with one attached hydrogen (secondary N) is 1. The van der Waals surface area contributed by atoms with Gasteiger partial charge in [-0.05, 0) is 37.1 Å². The van der Waals surface area contributed by atoms with Gasteiger partial charge in [-0.2, -0.15) is 5.10 Å². The van der Waals surface area contributed by atoms with Crippen LogP contribution in [0.3, 0.4) is 0 Å². The molecule has 7 nitrogen and oxygen atoms in total. The largest absolute Gasteiger partial charge is 0.459 e. The fourth-order valence-corrected chi connectivity index (χ4v) is 3.08. The summed E-state index contributed by atoms with van der Waals surface area (Å²) in [6.07, 6.45) is 6.07. The molecule has 2 heterocycles. The van der Waals surface area contributed by atoms with Gasteiger partial charge in [-0.15, -0.1) is 0 Å². The van der Waals surface area contributed by atoms with Crippen LogP contribution in [0.2, 0.25) is 0 Å². The highest BCUT2D eigenvalue weighted by Gasteiger charge is 2.35. The third-order valence-corrected chi connectivity index (χ3v) is 4.60. The van der Waals surface area contributed by atoms with Crippen molar-refractivity contribution in [1.82, 2.24) is 10.3 Å². The molecule has 28 heavy (non-hydrogen) atoms. The summed E-state index contributed by atoms with van der Waals surface area (Å²) in [6, 6.07) is 9.91. The first-order valence-electron chi connectivity index (χ1n) is 9.46. The molecule has 0 atom stereocenters. The Labute approximate surface area is 163 Å². The molecule has 146 valence electrons. The second-order valence-electron chi connectivity index (χ2n) is 6.65. The van der Waals surface area contributed by atoms with Gasteiger partial charge in [-0.25, -0.2) is 5.43 Å². The maximum atomic E-state index is 12.6. The van der Waals surface area contributed by atoms with Crippen molar-refractivity contribution in [2.45, 2.75) is 39.0 Å². The van der Waals surface area contributed by atoms with Gasteiger partial charge in [-0.3, -0.25) is 19.3 Å². The number of nitrogens with zero attached hydrogens (tertiary/aromatic N) is 2.